The van der Waals surface area contributed by atoms with Crippen LogP contribution in [0.5, 0.6) is 11.6 Å². The number of hydrogen-bond donors (Lipinski definition) is 2. The molecular formula is C19H15F3N2O5S. The Labute approximate surface area is 171 Å². The molecule has 2 aromatic carbocycles. The van der Waals surface area contributed by atoms with E-state index in [2.05, 4.69) is 15.0 Å². The van der Waals surface area contributed by atoms with E-state index in [1.165, 1.54) is 49.7 Å². The van der Waals surface area contributed by atoms with Crippen LogP contribution in [-0.2, 0) is 22.3 Å². The van der Waals surface area contributed by atoms with Crippen molar-refractivity contribution in [3.63, 3.8) is 0 Å². The normalized spacial score (nSPS) is 12.4. The SMILES string of the molecule is COc1nccc2c(S(=O)O)cc(NC(=O)Cc3ccccc3OC(F)(F)F)cc12. The van der Waals surface area contributed by atoms with Gasteiger partial charge in [-0.2, -0.15) is 0 Å². The number of halogens is 3. The smallest absolute Gasteiger partial charge is 0.481 e. The average Bonchev–Trinajstić information content (AvgIpc) is 2.67. The van der Waals surface area contributed by atoms with Crippen LogP contribution in [0.3, 0.4) is 0 Å². The molecule has 30 heavy (non-hydrogen) atoms. The van der Waals surface area contributed by atoms with Gasteiger partial charge in [0.2, 0.25) is 11.8 Å². The first kappa shape index (κ1) is 21.5. The molecule has 0 fully saturated rings. The molecule has 7 nitrogen and oxygen atoms in total. The van der Waals surface area contributed by atoms with E-state index in [4.69, 9.17) is 4.74 Å². The van der Waals surface area contributed by atoms with Gasteiger partial charge in [-0.05, 0) is 24.3 Å². The van der Waals surface area contributed by atoms with Crippen molar-refractivity contribution in [3.8, 4) is 11.6 Å². The Balaban J connectivity index is 1.90. The topological polar surface area (TPSA) is 97.8 Å². The Kier molecular flexibility index (Phi) is 6.22. The zero-order chi connectivity index (χ0) is 21.9. The van der Waals surface area contributed by atoms with Crippen molar-refractivity contribution in [2.45, 2.75) is 17.7 Å². The molecule has 1 unspecified atom stereocenters. The second kappa shape index (κ2) is 8.67. The Bertz CT molecular complexity index is 1120. The lowest BCUT2D eigenvalue weighted by Gasteiger charge is -2.14. The number of hydrogen-bond acceptors (Lipinski definition) is 5. The Morgan fingerprint density at radius 3 is 2.60 bits per heavy atom. The molecule has 0 aliphatic heterocycles. The second-order valence-corrected chi connectivity index (χ2v) is 6.96. The minimum atomic E-state index is -4.89. The number of fused-ring (bicyclic) bond motifs is 1. The maximum Gasteiger partial charge on any atom is 0.573 e. The van der Waals surface area contributed by atoms with E-state index in [-0.39, 0.29) is 22.0 Å². The highest BCUT2D eigenvalue weighted by Crippen LogP contribution is 2.31. The van der Waals surface area contributed by atoms with Crippen LogP contribution in [0.25, 0.3) is 10.8 Å². The number of benzene rings is 2. The zero-order valence-electron chi connectivity index (χ0n) is 15.4. The van der Waals surface area contributed by atoms with Crippen molar-refractivity contribution in [2.24, 2.45) is 0 Å². The highest BCUT2D eigenvalue weighted by Gasteiger charge is 2.32. The quantitative estimate of drug-likeness (QED) is 0.564. The van der Waals surface area contributed by atoms with Crippen molar-refractivity contribution in [1.82, 2.24) is 4.98 Å². The maximum absolute atomic E-state index is 12.6. The van der Waals surface area contributed by atoms with Gasteiger partial charge in [-0.15, -0.1) is 13.2 Å². The lowest BCUT2D eigenvalue weighted by atomic mass is 10.1. The number of amides is 1. The lowest BCUT2D eigenvalue weighted by molar-refractivity contribution is -0.274. The number of nitrogens with zero attached hydrogens (tertiary/aromatic N) is 1. The molecule has 11 heteroatoms. The summed E-state index contributed by atoms with van der Waals surface area (Å²) in [5.41, 5.74) is 0.184. The van der Waals surface area contributed by atoms with E-state index in [9.17, 15) is 26.7 Å². The molecule has 0 saturated carbocycles. The fraction of sp³-hybridized carbons (Fsp3) is 0.158. The number of alkyl halides is 3. The molecule has 0 aliphatic carbocycles. The molecule has 1 amide bonds. The van der Waals surface area contributed by atoms with Gasteiger partial charge in [0.15, 0.2) is 11.1 Å². The van der Waals surface area contributed by atoms with E-state index in [0.29, 0.717) is 10.8 Å². The number of nitrogens with one attached hydrogen (secondary N) is 1. The number of rotatable bonds is 6. The molecule has 0 spiro atoms. The van der Waals surface area contributed by atoms with Gasteiger partial charge < -0.3 is 19.3 Å². The highest BCUT2D eigenvalue weighted by molar-refractivity contribution is 7.79. The van der Waals surface area contributed by atoms with Gasteiger partial charge in [0.25, 0.3) is 0 Å². The number of para-hydroxylation sites is 1. The van der Waals surface area contributed by atoms with Crippen LogP contribution < -0.4 is 14.8 Å². The minimum absolute atomic E-state index is 0.0179. The van der Waals surface area contributed by atoms with Gasteiger partial charge in [-0.1, -0.05) is 18.2 Å². The van der Waals surface area contributed by atoms with Crippen LogP contribution in [0.2, 0.25) is 0 Å². The van der Waals surface area contributed by atoms with E-state index in [0.717, 1.165) is 6.07 Å². The van der Waals surface area contributed by atoms with Crippen molar-refractivity contribution in [1.29, 1.82) is 0 Å². The molecule has 0 bridgehead atoms. The van der Waals surface area contributed by atoms with Gasteiger partial charge in [0, 0.05) is 28.2 Å². The molecular weight excluding hydrogens is 425 g/mol. The molecule has 0 saturated heterocycles. The summed E-state index contributed by atoms with van der Waals surface area (Å²) >= 11 is -2.37. The molecule has 0 aliphatic rings. The van der Waals surface area contributed by atoms with Gasteiger partial charge in [0.05, 0.1) is 18.4 Å². The summed E-state index contributed by atoms with van der Waals surface area (Å²) in [4.78, 5) is 16.5. The van der Waals surface area contributed by atoms with Crippen LogP contribution >= 0.6 is 0 Å². The summed E-state index contributed by atoms with van der Waals surface area (Å²) < 4.78 is 68.1. The number of methoxy groups -OCH3 is 1. The number of ether oxygens (including phenoxy) is 2. The number of carbonyl (C=O) groups is 1. The summed E-state index contributed by atoms with van der Waals surface area (Å²) in [6, 6.07) is 9.59. The van der Waals surface area contributed by atoms with Crippen molar-refractivity contribution in [3.05, 3.63) is 54.2 Å². The van der Waals surface area contributed by atoms with Crippen molar-refractivity contribution >= 4 is 33.4 Å². The van der Waals surface area contributed by atoms with Crippen LogP contribution in [0, 0.1) is 0 Å². The third-order valence-corrected chi connectivity index (χ3v) is 4.73. The summed E-state index contributed by atoms with van der Waals surface area (Å²) in [5.74, 6) is -0.953. The average molecular weight is 440 g/mol. The molecule has 1 aromatic heterocycles. The number of aromatic nitrogens is 1. The molecule has 2 N–H and O–H groups in total. The molecule has 1 heterocycles. The summed E-state index contributed by atoms with van der Waals surface area (Å²) in [6.07, 6.45) is -3.89. The molecule has 0 radical (unpaired) electrons. The molecule has 3 rings (SSSR count). The summed E-state index contributed by atoms with van der Waals surface area (Å²) in [6.45, 7) is 0. The lowest BCUT2D eigenvalue weighted by Crippen LogP contribution is -2.20. The van der Waals surface area contributed by atoms with Crippen LogP contribution in [-0.4, -0.2) is 33.1 Å². The zero-order valence-corrected chi connectivity index (χ0v) is 16.2. The predicted molar refractivity (Wildman–Crippen MR) is 103 cm³/mol. The molecule has 158 valence electrons. The first-order chi connectivity index (χ1) is 14.2. The number of anilines is 1. The van der Waals surface area contributed by atoms with Crippen molar-refractivity contribution in [2.75, 3.05) is 12.4 Å². The largest absolute Gasteiger partial charge is 0.573 e. The first-order valence-corrected chi connectivity index (χ1v) is 9.49. The fourth-order valence-corrected chi connectivity index (χ4v) is 3.45. The van der Waals surface area contributed by atoms with Gasteiger partial charge in [-0.25, -0.2) is 9.19 Å². The van der Waals surface area contributed by atoms with Gasteiger partial charge in [0.1, 0.15) is 5.75 Å². The maximum atomic E-state index is 12.6. The minimum Gasteiger partial charge on any atom is -0.481 e. The highest BCUT2D eigenvalue weighted by atomic mass is 32.2. The fourth-order valence-electron chi connectivity index (χ4n) is 2.86. The molecule has 3 aromatic rings. The Hall–Kier alpha value is -3.18. The van der Waals surface area contributed by atoms with E-state index >= 15 is 0 Å². The van der Waals surface area contributed by atoms with E-state index < -0.39 is 35.5 Å². The number of pyridine rings is 1. The van der Waals surface area contributed by atoms with Gasteiger partial charge in [-0.3, -0.25) is 4.79 Å². The third-order valence-electron chi connectivity index (χ3n) is 4.02. The Morgan fingerprint density at radius 1 is 1.20 bits per heavy atom. The monoisotopic (exact) mass is 440 g/mol. The third kappa shape index (κ3) is 5.05. The van der Waals surface area contributed by atoms with E-state index in [1.807, 2.05) is 0 Å². The summed E-state index contributed by atoms with van der Waals surface area (Å²) in [5, 5.41) is 3.31. The second-order valence-electron chi connectivity index (χ2n) is 6.02. The Morgan fingerprint density at radius 2 is 1.93 bits per heavy atom. The van der Waals surface area contributed by atoms with Crippen molar-refractivity contribution < 1.29 is 36.2 Å². The summed E-state index contributed by atoms with van der Waals surface area (Å²) in [7, 11) is 1.38. The van der Waals surface area contributed by atoms with Gasteiger partial charge >= 0.3 is 6.36 Å². The number of carbonyl (C=O) groups excluding carboxylic acids is 1. The van der Waals surface area contributed by atoms with E-state index in [1.54, 1.807) is 0 Å². The first-order valence-electron chi connectivity index (χ1n) is 8.39. The predicted octanol–water partition coefficient (Wildman–Crippen LogP) is 3.90. The van der Waals surface area contributed by atoms with Crippen LogP contribution in [0.15, 0.2) is 53.6 Å². The molecule has 1 atom stereocenters. The van der Waals surface area contributed by atoms with Crippen LogP contribution in [0.4, 0.5) is 18.9 Å². The van der Waals surface area contributed by atoms with Crippen LogP contribution in [0.1, 0.15) is 5.56 Å². The standard InChI is InChI=1S/C19H15F3N2O5S/c1-28-18-14-9-12(10-16(30(26)27)13(14)6-7-23-18)24-17(25)8-11-4-2-3-5-15(11)29-19(20,21)22/h2-7,9-10H,8H2,1H3,(H,24,25)(H,26,27).